The van der Waals surface area contributed by atoms with E-state index in [4.69, 9.17) is 11.6 Å². The Labute approximate surface area is 220 Å². The maximum absolute atomic E-state index is 12.0. The van der Waals surface area contributed by atoms with Crippen molar-refractivity contribution in [2.45, 2.75) is 135 Å². The zero-order valence-corrected chi connectivity index (χ0v) is 23.3. The van der Waals surface area contributed by atoms with Crippen molar-refractivity contribution in [2.24, 2.45) is 16.7 Å². The zero-order valence-electron chi connectivity index (χ0n) is 23.3. The molecule has 2 amide bonds. The van der Waals surface area contributed by atoms with E-state index in [1.54, 1.807) is 0 Å². The van der Waals surface area contributed by atoms with Gasteiger partial charge in [-0.25, -0.2) is 5.43 Å². The van der Waals surface area contributed by atoms with E-state index >= 15 is 0 Å². The first-order valence-corrected chi connectivity index (χ1v) is 14.5. The van der Waals surface area contributed by atoms with Gasteiger partial charge in [0.05, 0.1) is 6.04 Å². The molecule has 0 aromatic carbocycles. The second kappa shape index (κ2) is 26.2. The van der Waals surface area contributed by atoms with Gasteiger partial charge in [-0.1, -0.05) is 77.6 Å². The first kappa shape index (κ1) is 34.1. The number of rotatable bonds is 26. The number of unbranched alkanes of at least 4 members (excludes halogenated alkanes) is 13. The van der Waals surface area contributed by atoms with Gasteiger partial charge in [0.2, 0.25) is 11.8 Å². The van der Waals surface area contributed by atoms with Crippen molar-refractivity contribution in [3.8, 4) is 0 Å². The minimum absolute atomic E-state index is 0.146. The van der Waals surface area contributed by atoms with Gasteiger partial charge in [0.25, 0.3) is 0 Å². The molecule has 0 aromatic heterocycles. The standard InChI is InChI=1S/C27H57N7O2/c1-3-22-31-24(27(28)36)19-17-18-23-32-26(35)21-16-14-12-10-8-6-4-5-7-9-11-13-15-20-25(33-29)34-30-2/h24,30-31H,3-23,29H2,1-2H3,(H2,28,36)(H,32,35)(H,33,34). The first-order valence-electron chi connectivity index (χ1n) is 14.5. The SMILES string of the molecule is CCCNC(CCCCNC(=O)CCCCCCCCCCCCCCCC(=NN)NNC)C(N)=O. The van der Waals surface area contributed by atoms with Crippen LogP contribution >= 0.6 is 0 Å². The Morgan fingerprint density at radius 3 is 1.75 bits per heavy atom. The van der Waals surface area contributed by atoms with Gasteiger partial charge in [0.15, 0.2) is 0 Å². The van der Waals surface area contributed by atoms with Crippen molar-refractivity contribution >= 4 is 17.6 Å². The van der Waals surface area contributed by atoms with Gasteiger partial charge in [-0.3, -0.25) is 9.59 Å². The third kappa shape index (κ3) is 22.6. The second-order valence-electron chi connectivity index (χ2n) is 9.80. The molecule has 0 aliphatic heterocycles. The highest BCUT2D eigenvalue weighted by Crippen LogP contribution is 2.13. The van der Waals surface area contributed by atoms with Gasteiger partial charge in [-0.05, 0) is 45.1 Å². The number of hydrazine groups is 1. The Morgan fingerprint density at radius 1 is 0.750 bits per heavy atom. The highest BCUT2D eigenvalue weighted by Gasteiger charge is 2.13. The summed E-state index contributed by atoms with van der Waals surface area (Å²) in [6, 6.07) is -0.256. The molecule has 0 saturated heterocycles. The summed E-state index contributed by atoms with van der Waals surface area (Å²) in [5.41, 5.74) is 11.2. The lowest BCUT2D eigenvalue weighted by Gasteiger charge is -2.14. The largest absolute Gasteiger partial charge is 0.368 e. The van der Waals surface area contributed by atoms with Crippen molar-refractivity contribution in [1.82, 2.24) is 21.5 Å². The third-order valence-electron chi connectivity index (χ3n) is 6.47. The van der Waals surface area contributed by atoms with Crippen LogP contribution in [0.2, 0.25) is 0 Å². The third-order valence-corrected chi connectivity index (χ3v) is 6.47. The van der Waals surface area contributed by atoms with Crippen LogP contribution < -0.4 is 33.1 Å². The van der Waals surface area contributed by atoms with Crippen molar-refractivity contribution in [3.63, 3.8) is 0 Å². The number of amides is 2. The molecule has 0 aliphatic carbocycles. The molecule has 9 nitrogen and oxygen atoms in total. The Morgan fingerprint density at radius 2 is 1.28 bits per heavy atom. The average Bonchev–Trinajstić information content (AvgIpc) is 2.86. The smallest absolute Gasteiger partial charge is 0.234 e. The molecule has 1 unspecified atom stereocenters. The molecule has 0 fully saturated rings. The number of nitrogens with zero attached hydrogens (tertiary/aromatic N) is 1. The first-order chi connectivity index (χ1) is 17.5. The topological polar surface area (TPSA) is 147 Å². The molecule has 0 spiro atoms. The molecule has 36 heavy (non-hydrogen) atoms. The molecule has 9 heteroatoms. The summed E-state index contributed by atoms with van der Waals surface area (Å²) in [6.07, 6.45) is 21.2. The van der Waals surface area contributed by atoms with Gasteiger partial charge in [0, 0.05) is 26.4 Å². The van der Waals surface area contributed by atoms with Crippen molar-refractivity contribution in [1.29, 1.82) is 0 Å². The summed E-state index contributed by atoms with van der Waals surface area (Å²) < 4.78 is 0. The van der Waals surface area contributed by atoms with Crippen LogP contribution in [-0.4, -0.2) is 43.8 Å². The molecular weight excluding hydrogens is 454 g/mol. The monoisotopic (exact) mass is 511 g/mol. The summed E-state index contributed by atoms with van der Waals surface area (Å²) in [7, 11) is 1.81. The van der Waals surface area contributed by atoms with Crippen molar-refractivity contribution < 1.29 is 9.59 Å². The van der Waals surface area contributed by atoms with Crippen LogP contribution in [0.4, 0.5) is 0 Å². The molecule has 0 bridgehead atoms. The lowest BCUT2D eigenvalue weighted by molar-refractivity contribution is -0.121. The number of carbonyl (C=O) groups is 2. The van der Waals surface area contributed by atoms with Gasteiger partial charge in [-0.15, -0.1) is 0 Å². The zero-order chi connectivity index (χ0) is 26.7. The second-order valence-corrected chi connectivity index (χ2v) is 9.80. The summed E-state index contributed by atoms with van der Waals surface area (Å²) in [6.45, 7) is 3.54. The van der Waals surface area contributed by atoms with Crippen LogP contribution in [0.15, 0.2) is 5.10 Å². The molecule has 212 valence electrons. The molecule has 8 N–H and O–H groups in total. The number of carbonyl (C=O) groups excluding carboxylic acids is 2. The van der Waals surface area contributed by atoms with E-state index < -0.39 is 0 Å². The van der Waals surface area contributed by atoms with E-state index in [2.05, 4.69) is 33.5 Å². The lowest BCUT2D eigenvalue weighted by Crippen LogP contribution is -2.41. The molecule has 1 atom stereocenters. The minimum Gasteiger partial charge on any atom is -0.368 e. The number of hydrogen-bond donors (Lipinski definition) is 6. The van der Waals surface area contributed by atoms with Crippen LogP contribution in [0.25, 0.3) is 0 Å². The lowest BCUT2D eigenvalue weighted by atomic mass is 10.0. The average molecular weight is 512 g/mol. The van der Waals surface area contributed by atoms with Gasteiger partial charge in [-0.2, -0.15) is 5.10 Å². The Kier molecular flexibility index (Phi) is 24.8. The van der Waals surface area contributed by atoms with E-state index in [9.17, 15) is 9.59 Å². The highest BCUT2D eigenvalue weighted by molar-refractivity contribution is 5.81. The van der Waals surface area contributed by atoms with E-state index in [1.165, 1.54) is 64.2 Å². The van der Waals surface area contributed by atoms with Crippen LogP contribution in [0.1, 0.15) is 129 Å². The van der Waals surface area contributed by atoms with Crippen LogP contribution in [0.3, 0.4) is 0 Å². The fraction of sp³-hybridized carbons (Fsp3) is 0.889. The molecular formula is C27H57N7O2. The number of primary amides is 1. The van der Waals surface area contributed by atoms with E-state index in [0.29, 0.717) is 13.0 Å². The molecule has 0 rings (SSSR count). The summed E-state index contributed by atoms with van der Waals surface area (Å²) in [4.78, 5) is 23.4. The molecule has 0 aliphatic rings. The Hall–Kier alpha value is -1.87. The predicted octanol–water partition coefficient (Wildman–Crippen LogP) is 3.97. The molecule has 0 heterocycles. The van der Waals surface area contributed by atoms with Crippen molar-refractivity contribution in [2.75, 3.05) is 20.1 Å². The number of nitrogens with two attached hydrogens (primary N) is 2. The normalized spacial score (nSPS) is 12.4. The van der Waals surface area contributed by atoms with E-state index in [0.717, 1.165) is 63.7 Å². The summed E-state index contributed by atoms with van der Waals surface area (Å²) >= 11 is 0. The van der Waals surface area contributed by atoms with Gasteiger partial charge >= 0.3 is 0 Å². The fourth-order valence-corrected chi connectivity index (χ4v) is 4.28. The van der Waals surface area contributed by atoms with Gasteiger partial charge < -0.3 is 27.6 Å². The number of hydrogen-bond acceptors (Lipinski definition) is 6. The maximum atomic E-state index is 12.0. The highest BCUT2D eigenvalue weighted by atomic mass is 16.2. The molecule has 0 radical (unpaired) electrons. The molecule has 0 aromatic rings. The number of amidine groups is 1. The Balaban J connectivity index is 3.37. The van der Waals surface area contributed by atoms with Crippen LogP contribution in [-0.2, 0) is 9.59 Å². The number of hydrazone groups is 1. The summed E-state index contributed by atoms with van der Waals surface area (Å²) in [5, 5.41) is 9.90. The quantitative estimate of drug-likeness (QED) is 0.0340. The van der Waals surface area contributed by atoms with Crippen LogP contribution in [0.5, 0.6) is 0 Å². The Bertz CT molecular complexity index is 558. The van der Waals surface area contributed by atoms with Crippen molar-refractivity contribution in [3.05, 3.63) is 0 Å². The predicted molar refractivity (Wildman–Crippen MR) is 151 cm³/mol. The maximum Gasteiger partial charge on any atom is 0.234 e. The number of nitrogens with one attached hydrogen (secondary N) is 4. The minimum atomic E-state index is -0.290. The van der Waals surface area contributed by atoms with E-state index in [1.807, 2.05) is 7.05 Å². The van der Waals surface area contributed by atoms with E-state index in [-0.39, 0.29) is 17.9 Å². The fourth-order valence-electron chi connectivity index (χ4n) is 4.28. The molecule has 0 saturated carbocycles. The van der Waals surface area contributed by atoms with Gasteiger partial charge in [0.1, 0.15) is 5.84 Å². The van der Waals surface area contributed by atoms with Crippen LogP contribution in [0, 0.1) is 0 Å². The summed E-state index contributed by atoms with van der Waals surface area (Å²) in [5.74, 6) is 6.01.